The molecular formula is C26H28FN3O6. The van der Waals surface area contributed by atoms with Gasteiger partial charge in [0.05, 0.1) is 6.61 Å². The van der Waals surface area contributed by atoms with Gasteiger partial charge in [-0.05, 0) is 49.1 Å². The second-order valence-corrected chi connectivity index (χ2v) is 9.10. The Balaban J connectivity index is 1.32. The molecule has 4 amide bonds. The van der Waals surface area contributed by atoms with E-state index in [4.69, 9.17) is 14.2 Å². The summed E-state index contributed by atoms with van der Waals surface area (Å²) >= 11 is 0. The zero-order chi connectivity index (χ0) is 25.2. The van der Waals surface area contributed by atoms with E-state index in [1.807, 2.05) is 0 Å². The van der Waals surface area contributed by atoms with Crippen LogP contribution in [-0.2, 0) is 9.59 Å². The third-order valence-corrected chi connectivity index (χ3v) is 7.03. The topological polar surface area (TPSA) is 88.6 Å². The Bertz CT molecular complexity index is 1160. The van der Waals surface area contributed by atoms with Crippen molar-refractivity contribution in [2.75, 3.05) is 46.1 Å². The number of rotatable bonds is 5. The van der Waals surface area contributed by atoms with Crippen molar-refractivity contribution in [3.05, 3.63) is 53.8 Å². The summed E-state index contributed by atoms with van der Waals surface area (Å²) in [5.74, 6) is 0.0221. The van der Waals surface area contributed by atoms with Crippen molar-refractivity contribution in [2.24, 2.45) is 5.92 Å². The van der Waals surface area contributed by atoms with Gasteiger partial charge in [0, 0.05) is 44.7 Å². The van der Waals surface area contributed by atoms with Crippen LogP contribution in [0.15, 0.2) is 42.5 Å². The number of piperidine rings is 1. The van der Waals surface area contributed by atoms with Gasteiger partial charge in [-0.25, -0.2) is 9.18 Å². The molecule has 190 valence electrons. The average Bonchev–Trinajstić information content (AvgIpc) is 3.37. The molecular weight excluding hydrogens is 469 g/mol. The molecule has 2 unspecified atom stereocenters. The summed E-state index contributed by atoms with van der Waals surface area (Å²) in [6, 6.07) is 11.3. The first-order valence-electron chi connectivity index (χ1n) is 12.1. The monoisotopic (exact) mass is 497 g/mol. The lowest BCUT2D eigenvalue weighted by Gasteiger charge is -2.41. The minimum Gasteiger partial charge on any atom is -0.493 e. The molecule has 3 aliphatic rings. The number of carbonyl (C=O) groups excluding carboxylic acids is 3. The van der Waals surface area contributed by atoms with Gasteiger partial charge in [0.2, 0.25) is 6.79 Å². The molecule has 3 heterocycles. The summed E-state index contributed by atoms with van der Waals surface area (Å²) in [7, 11) is 0. The van der Waals surface area contributed by atoms with Gasteiger partial charge in [-0.2, -0.15) is 0 Å². The van der Waals surface area contributed by atoms with Crippen LogP contribution in [0.2, 0.25) is 0 Å². The fraction of sp³-hybridized carbons (Fsp3) is 0.423. The van der Waals surface area contributed by atoms with Gasteiger partial charge in [-0.1, -0.05) is 12.1 Å². The number of likely N-dealkylation sites (tertiary alicyclic amines) is 1. The van der Waals surface area contributed by atoms with Crippen molar-refractivity contribution in [1.29, 1.82) is 0 Å². The van der Waals surface area contributed by atoms with Crippen LogP contribution in [0.1, 0.15) is 24.8 Å². The molecule has 36 heavy (non-hydrogen) atoms. The predicted octanol–water partition coefficient (Wildman–Crippen LogP) is 2.85. The summed E-state index contributed by atoms with van der Waals surface area (Å²) < 4.78 is 30.4. The van der Waals surface area contributed by atoms with Crippen LogP contribution in [0.5, 0.6) is 17.2 Å². The average molecular weight is 498 g/mol. The molecule has 2 aromatic rings. The van der Waals surface area contributed by atoms with Crippen LogP contribution < -0.4 is 14.2 Å². The number of carbonyl (C=O) groups is 3. The second kappa shape index (κ2) is 10.0. The first-order valence-corrected chi connectivity index (χ1v) is 12.1. The number of urea groups is 1. The number of ether oxygens (including phenoxy) is 3. The summed E-state index contributed by atoms with van der Waals surface area (Å²) in [6.45, 7) is 3.93. The largest absolute Gasteiger partial charge is 0.493 e. The fourth-order valence-electron chi connectivity index (χ4n) is 5.02. The Morgan fingerprint density at radius 2 is 1.81 bits per heavy atom. The number of benzene rings is 2. The molecule has 2 fully saturated rings. The first kappa shape index (κ1) is 23.9. The Morgan fingerprint density at radius 1 is 1.03 bits per heavy atom. The smallest absolute Gasteiger partial charge is 0.327 e. The lowest BCUT2D eigenvalue weighted by Crippen LogP contribution is -2.60. The third-order valence-electron chi connectivity index (χ3n) is 7.03. The molecule has 2 saturated heterocycles. The summed E-state index contributed by atoms with van der Waals surface area (Å²) in [4.78, 5) is 42.3. The van der Waals surface area contributed by atoms with Gasteiger partial charge in [0.1, 0.15) is 11.6 Å². The number of nitrogens with zero attached hydrogens (tertiary/aromatic N) is 3. The standard InChI is InChI=1S/C26H28FN3O6/c1-2-28-11-12-30(25(32)24(28)31)26(33)29-10-9-21(17-3-5-19(27)6-4-17)18(14-29)15-34-20-7-8-22-23(13-20)36-16-35-22/h3-8,13,18,21H,2,9-12,14-16H2,1H3. The molecule has 0 saturated carbocycles. The van der Waals surface area contributed by atoms with Gasteiger partial charge in [0.15, 0.2) is 11.5 Å². The predicted molar refractivity (Wildman–Crippen MR) is 126 cm³/mol. The maximum absolute atomic E-state index is 13.6. The molecule has 0 radical (unpaired) electrons. The normalized spacial score (nSPS) is 21.7. The Kier molecular flexibility index (Phi) is 6.67. The van der Waals surface area contributed by atoms with Crippen molar-refractivity contribution in [3.63, 3.8) is 0 Å². The molecule has 5 rings (SSSR count). The molecule has 0 aliphatic carbocycles. The van der Waals surface area contributed by atoms with Crippen LogP contribution in [0, 0.1) is 11.7 Å². The summed E-state index contributed by atoms with van der Waals surface area (Å²) in [5, 5.41) is 0. The highest BCUT2D eigenvalue weighted by Gasteiger charge is 2.40. The maximum Gasteiger partial charge on any atom is 0.327 e. The number of fused-ring (bicyclic) bond motifs is 1. The number of imide groups is 1. The Hall–Kier alpha value is -3.82. The molecule has 0 spiro atoms. The van der Waals surface area contributed by atoms with Crippen LogP contribution in [0.4, 0.5) is 9.18 Å². The molecule has 0 aromatic heterocycles. The minimum absolute atomic E-state index is 0.0259. The molecule has 0 bridgehead atoms. The molecule has 2 aromatic carbocycles. The van der Waals surface area contributed by atoms with E-state index < -0.39 is 17.8 Å². The van der Waals surface area contributed by atoms with E-state index in [1.165, 1.54) is 17.0 Å². The van der Waals surface area contributed by atoms with E-state index in [0.717, 1.165) is 10.5 Å². The van der Waals surface area contributed by atoms with Gasteiger partial charge >= 0.3 is 17.8 Å². The molecule has 3 aliphatic heterocycles. The van der Waals surface area contributed by atoms with Crippen molar-refractivity contribution in [2.45, 2.75) is 19.3 Å². The highest BCUT2D eigenvalue weighted by atomic mass is 19.1. The lowest BCUT2D eigenvalue weighted by molar-refractivity contribution is -0.154. The number of piperazine rings is 1. The third kappa shape index (κ3) is 4.67. The van der Waals surface area contributed by atoms with E-state index in [-0.39, 0.29) is 31.0 Å². The molecule has 0 N–H and O–H groups in total. The van der Waals surface area contributed by atoms with Crippen molar-refractivity contribution < 1.29 is 33.0 Å². The number of amides is 4. The van der Waals surface area contributed by atoms with Gasteiger partial charge < -0.3 is 24.0 Å². The molecule has 2 atom stereocenters. The number of hydrogen-bond donors (Lipinski definition) is 0. The summed E-state index contributed by atoms with van der Waals surface area (Å²) in [5.41, 5.74) is 0.964. The number of halogens is 1. The van der Waals surface area contributed by atoms with Gasteiger partial charge in [-0.3, -0.25) is 14.5 Å². The fourth-order valence-corrected chi connectivity index (χ4v) is 5.02. The Labute approximate surface area is 208 Å². The second-order valence-electron chi connectivity index (χ2n) is 9.10. The van der Waals surface area contributed by atoms with Crippen LogP contribution >= 0.6 is 0 Å². The van der Waals surface area contributed by atoms with Crippen molar-refractivity contribution in [1.82, 2.24) is 14.7 Å². The first-order chi connectivity index (χ1) is 17.4. The zero-order valence-corrected chi connectivity index (χ0v) is 20.0. The zero-order valence-electron chi connectivity index (χ0n) is 20.0. The minimum atomic E-state index is -0.790. The van der Waals surface area contributed by atoms with Crippen LogP contribution in [0.3, 0.4) is 0 Å². The highest BCUT2D eigenvalue weighted by molar-refractivity contribution is 6.38. The van der Waals surface area contributed by atoms with E-state index in [2.05, 4.69) is 0 Å². The highest BCUT2D eigenvalue weighted by Crippen LogP contribution is 2.37. The van der Waals surface area contributed by atoms with E-state index in [9.17, 15) is 18.8 Å². The van der Waals surface area contributed by atoms with Gasteiger partial charge in [-0.15, -0.1) is 0 Å². The lowest BCUT2D eigenvalue weighted by atomic mass is 9.81. The summed E-state index contributed by atoms with van der Waals surface area (Å²) in [6.07, 6.45) is 0.615. The number of likely N-dealkylation sites (N-methyl/N-ethyl adjacent to an activating group) is 1. The molecule has 9 nitrogen and oxygen atoms in total. The van der Waals surface area contributed by atoms with Crippen molar-refractivity contribution in [3.8, 4) is 17.2 Å². The molecule has 10 heteroatoms. The quantitative estimate of drug-likeness (QED) is 0.591. The van der Waals surface area contributed by atoms with Crippen LogP contribution in [-0.4, -0.2) is 78.7 Å². The van der Waals surface area contributed by atoms with Crippen molar-refractivity contribution >= 4 is 17.8 Å². The SMILES string of the molecule is CCN1CCN(C(=O)N2CCC(c3ccc(F)cc3)C(COc3ccc4c(c3)OCO4)C2)C(=O)C1=O. The van der Waals surface area contributed by atoms with E-state index >= 15 is 0 Å². The van der Waals surface area contributed by atoms with E-state index in [1.54, 1.807) is 42.2 Å². The van der Waals surface area contributed by atoms with Gasteiger partial charge in [0.25, 0.3) is 0 Å². The number of hydrogen-bond acceptors (Lipinski definition) is 6. The van der Waals surface area contributed by atoms with Crippen LogP contribution in [0.25, 0.3) is 0 Å². The van der Waals surface area contributed by atoms with E-state index in [0.29, 0.717) is 56.5 Å². The Morgan fingerprint density at radius 3 is 2.58 bits per heavy atom. The maximum atomic E-state index is 13.6.